The molecule has 0 aromatic carbocycles. The quantitative estimate of drug-likeness (QED) is 0.558. The van der Waals surface area contributed by atoms with Gasteiger partial charge in [-0.2, -0.15) is 0 Å². The third-order valence-electron chi connectivity index (χ3n) is 7.37. The maximum Gasteiger partial charge on any atom is 0.138 e. The Kier molecular flexibility index (Phi) is 5.38. The van der Waals surface area contributed by atoms with Gasteiger partial charge in [0.25, 0.3) is 0 Å². The van der Waals surface area contributed by atoms with E-state index in [9.17, 15) is 4.79 Å². The Morgan fingerprint density at radius 2 is 2.23 bits per heavy atom. The number of hydrogen-bond donors (Lipinski definition) is 2. The van der Waals surface area contributed by atoms with E-state index in [0.29, 0.717) is 18.6 Å². The van der Waals surface area contributed by atoms with Gasteiger partial charge in [0.15, 0.2) is 0 Å². The van der Waals surface area contributed by atoms with Crippen LogP contribution in [0.25, 0.3) is 20.8 Å². The lowest BCUT2D eigenvalue weighted by molar-refractivity contribution is -0.118. The van der Waals surface area contributed by atoms with E-state index in [1.807, 2.05) is 29.8 Å². The smallest absolute Gasteiger partial charge is 0.138 e. The number of hydrogen-bond acceptors (Lipinski definition) is 7. The molecular formula is C24H28N4OS2. The van der Waals surface area contributed by atoms with Gasteiger partial charge in [-0.25, -0.2) is 4.98 Å². The molecule has 3 aliphatic rings. The normalized spacial score (nSPS) is 24.7. The second kappa shape index (κ2) is 8.35. The Hall–Kier alpha value is -1.67. The van der Waals surface area contributed by atoms with Crippen LogP contribution in [0.2, 0.25) is 0 Å². The third-order valence-corrected chi connectivity index (χ3v) is 9.65. The standard InChI is InChI=1S/C24H28N4OS2/c29-15(2-1-3-16-14-4-5-18(16)27-11-14)10-21-23(17-6-8-26-13-22(17)30-21)24-28-19-12-25-9-7-20(19)31-24/h7,9,12,14,16,18,26-27H,1-6,8,10-11,13H2/t14?,16-,18?/m1/s1. The van der Waals surface area contributed by atoms with Crippen molar-refractivity contribution in [2.24, 2.45) is 11.8 Å². The molecule has 2 bridgehead atoms. The molecule has 162 valence electrons. The van der Waals surface area contributed by atoms with Crippen LogP contribution in [0.5, 0.6) is 0 Å². The third kappa shape index (κ3) is 3.75. The summed E-state index contributed by atoms with van der Waals surface area (Å²) in [5.41, 5.74) is 3.61. The molecule has 2 aliphatic heterocycles. The first kappa shape index (κ1) is 20.0. The number of pyridine rings is 1. The van der Waals surface area contributed by atoms with Crippen molar-refractivity contribution in [3.05, 3.63) is 33.8 Å². The maximum absolute atomic E-state index is 13.0. The van der Waals surface area contributed by atoms with Gasteiger partial charge >= 0.3 is 0 Å². The first-order chi connectivity index (χ1) is 15.3. The van der Waals surface area contributed by atoms with Crippen molar-refractivity contribution >= 4 is 38.7 Å². The average molecular weight is 453 g/mol. The van der Waals surface area contributed by atoms with Crippen molar-refractivity contribution in [1.82, 2.24) is 20.6 Å². The van der Waals surface area contributed by atoms with Crippen molar-refractivity contribution in [3.8, 4) is 10.6 Å². The van der Waals surface area contributed by atoms with E-state index < -0.39 is 0 Å². The maximum atomic E-state index is 13.0. The van der Waals surface area contributed by atoms with Crippen LogP contribution in [-0.2, 0) is 24.2 Å². The molecule has 31 heavy (non-hydrogen) atoms. The summed E-state index contributed by atoms with van der Waals surface area (Å²) in [6, 6.07) is 2.75. The van der Waals surface area contributed by atoms with E-state index in [1.54, 1.807) is 11.3 Å². The van der Waals surface area contributed by atoms with Gasteiger partial charge in [0.1, 0.15) is 16.3 Å². The number of nitrogens with one attached hydrogen (secondary N) is 2. The van der Waals surface area contributed by atoms with Gasteiger partial charge in [0.05, 0.1) is 10.9 Å². The predicted molar refractivity (Wildman–Crippen MR) is 127 cm³/mol. The van der Waals surface area contributed by atoms with Gasteiger partial charge in [-0.3, -0.25) is 9.78 Å². The number of thiophene rings is 1. The molecule has 3 aromatic heterocycles. The van der Waals surface area contributed by atoms with Gasteiger partial charge in [-0.05, 0) is 68.7 Å². The zero-order chi connectivity index (χ0) is 20.8. The molecule has 0 amide bonds. The predicted octanol–water partition coefficient (Wildman–Crippen LogP) is 4.35. The molecule has 3 aromatic rings. The highest BCUT2D eigenvalue weighted by Crippen LogP contribution is 2.42. The van der Waals surface area contributed by atoms with Crippen LogP contribution in [0.4, 0.5) is 0 Å². The first-order valence-electron chi connectivity index (χ1n) is 11.6. The molecule has 3 atom stereocenters. The highest BCUT2D eigenvalue weighted by Gasteiger charge is 2.40. The largest absolute Gasteiger partial charge is 0.313 e. The van der Waals surface area contributed by atoms with Crippen molar-refractivity contribution < 1.29 is 4.79 Å². The highest BCUT2D eigenvalue weighted by molar-refractivity contribution is 7.22. The topological polar surface area (TPSA) is 66.9 Å². The number of carbonyl (C=O) groups excluding carboxylic acids is 1. The average Bonchev–Trinajstić information content (AvgIpc) is 3.54. The SMILES string of the molecule is O=C(CCC[C@@H]1C2CCC1NC2)Cc1sc2c(c1-c1nc3cnccc3s1)CCNC2. The van der Waals surface area contributed by atoms with Crippen LogP contribution >= 0.6 is 22.7 Å². The number of thiazole rings is 1. The Labute approximate surface area is 190 Å². The Morgan fingerprint density at radius 1 is 1.26 bits per heavy atom. The fraction of sp³-hybridized carbons (Fsp3) is 0.542. The molecule has 7 heteroatoms. The number of aromatic nitrogens is 2. The Balaban J connectivity index is 1.20. The van der Waals surface area contributed by atoms with E-state index in [1.165, 1.54) is 46.7 Å². The van der Waals surface area contributed by atoms with Crippen LogP contribution in [-0.4, -0.2) is 34.9 Å². The Bertz CT molecular complexity index is 1070. The fourth-order valence-electron chi connectivity index (χ4n) is 5.85. The van der Waals surface area contributed by atoms with Crippen molar-refractivity contribution in [1.29, 1.82) is 0 Å². The van der Waals surface area contributed by atoms with Gasteiger partial charge in [-0.15, -0.1) is 22.7 Å². The Morgan fingerprint density at radius 3 is 3.03 bits per heavy atom. The van der Waals surface area contributed by atoms with Gasteiger partial charge < -0.3 is 10.6 Å². The van der Waals surface area contributed by atoms with Crippen LogP contribution < -0.4 is 10.6 Å². The van der Waals surface area contributed by atoms with Gasteiger partial charge in [0.2, 0.25) is 0 Å². The van der Waals surface area contributed by atoms with Crippen LogP contribution in [0.3, 0.4) is 0 Å². The van der Waals surface area contributed by atoms with E-state index in [0.717, 1.165) is 59.0 Å². The lowest BCUT2D eigenvalue weighted by Gasteiger charge is -2.14. The summed E-state index contributed by atoms with van der Waals surface area (Å²) < 4.78 is 1.16. The summed E-state index contributed by atoms with van der Waals surface area (Å²) in [5.74, 6) is 2.05. The van der Waals surface area contributed by atoms with Crippen LogP contribution in [0.1, 0.15) is 47.4 Å². The van der Waals surface area contributed by atoms with E-state index in [2.05, 4.69) is 15.6 Å². The molecule has 1 saturated heterocycles. The molecule has 2 unspecified atom stereocenters. The van der Waals surface area contributed by atoms with Gasteiger partial charge in [-0.1, -0.05) is 0 Å². The summed E-state index contributed by atoms with van der Waals surface area (Å²) in [6.07, 6.45) is 10.9. The van der Waals surface area contributed by atoms with Crippen LogP contribution in [0.15, 0.2) is 18.5 Å². The molecule has 5 nitrogen and oxygen atoms in total. The number of nitrogens with zero attached hydrogens (tertiary/aromatic N) is 2. The molecule has 0 spiro atoms. The summed E-state index contributed by atoms with van der Waals surface area (Å²) in [4.78, 5) is 24.7. The van der Waals surface area contributed by atoms with Crippen molar-refractivity contribution in [3.63, 3.8) is 0 Å². The lowest BCUT2D eigenvalue weighted by Crippen LogP contribution is -2.25. The number of piperidine rings is 1. The fourth-order valence-corrected chi connectivity index (χ4v) is 8.30. The number of fused-ring (bicyclic) bond motifs is 4. The summed E-state index contributed by atoms with van der Waals surface area (Å²) in [5, 5.41) is 8.19. The van der Waals surface area contributed by atoms with Crippen LogP contribution in [0, 0.1) is 11.8 Å². The zero-order valence-electron chi connectivity index (χ0n) is 17.7. The van der Waals surface area contributed by atoms with Crippen molar-refractivity contribution in [2.75, 3.05) is 13.1 Å². The summed E-state index contributed by atoms with van der Waals surface area (Å²) in [6.45, 7) is 3.10. The monoisotopic (exact) mass is 452 g/mol. The highest BCUT2D eigenvalue weighted by atomic mass is 32.1. The minimum absolute atomic E-state index is 0.383. The van der Waals surface area contributed by atoms with E-state index >= 15 is 0 Å². The molecule has 5 heterocycles. The second-order valence-electron chi connectivity index (χ2n) is 9.21. The van der Waals surface area contributed by atoms with E-state index in [-0.39, 0.29) is 0 Å². The molecular weight excluding hydrogens is 424 g/mol. The number of rotatable bonds is 7. The second-order valence-corrected chi connectivity index (χ2v) is 11.4. The van der Waals surface area contributed by atoms with Gasteiger partial charge in [0, 0.05) is 46.9 Å². The number of Topliss-reactive ketones (excluding diaryl/α,β-unsaturated/α-hetero) is 1. The number of ketones is 1. The summed E-state index contributed by atoms with van der Waals surface area (Å²) >= 11 is 3.55. The zero-order valence-corrected chi connectivity index (χ0v) is 19.3. The molecule has 1 saturated carbocycles. The molecule has 6 rings (SSSR count). The minimum Gasteiger partial charge on any atom is -0.313 e. The molecule has 0 radical (unpaired) electrons. The first-order valence-corrected chi connectivity index (χ1v) is 13.2. The molecule has 2 fully saturated rings. The summed E-state index contributed by atoms with van der Waals surface area (Å²) in [7, 11) is 0. The van der Waals surface area contributed by atoms with E-state index in [4.69, 9.17) is 4.98 Å². The minimum atomic E-state index is 0.383. The lowest BCUT2D eigenvalue weighted by atomic mass is 9.91. The number of carbonyl (C=O) groups is 1. The van der Waals surface area contributed by atoms with Crippen molar-refractivity contribution in [2.45, 2.75) is 57.5 Å². The molecule has 2 N–H and O–H groups in total. The molecule has 1 aliphatic carbocycles.